The third-order valence-electron chi connectivity index (χ3n) is 4.36. The summed E-state index contributed by atoms with van der Waals surface area (Å²) < 4.78 is 11.3. The number of benzene rings is 2. The minimum atomic E-state index is -0.681. The number of nitrogens with one attached hydrogen (secondary N) is 1. The molecule has 0 aliphatic heterocycles. The normalized spacial score (nSPS) is 12.7. The van der Waals surface area contributed by atoms with Crippen LogP contribution in [-0.2, 0) is 4.79 Å². The molecule has 0 aromatic heterocycles. The van der Waals surface area contributed by atoms with E-state index >= 15 is 0 Å². The summed E-state index contributed by atoms with van der Waals surface area (Å²) in [6, 6.07) is 15.0. The Kier molecular flexibility index (Phi) is 7.86. The van der Waals surface area contributed by atoms with Gasteiger partial charge in [-0.1, -0.05) is 37.3 Å². The van der Waals surface area contributed by atoms with Crippen LogP contribution in [0.25, 0.3) is 0 Å². The fourth-order valence-corrected chi connectivity index (χ4v) is 2.80. The first-order valence-electron chi connectivity index (χ1n) is 9.30. The molecule has 0 aliphatic rings. The van der Waals surface area contributed by atoms with Crippen molar-refractivity contribution in [3.8, 4) is 11.5 Å². The van der Waals surface area contributed by atoms with Crippen molar-refractivity contribution in [3.05, 3.63) is 59.7 Å². The highest BCUT2D eigenvalue weighted by Crippen LogP contribution is 2.29. The zero-order valence-electron chi connectivity index (χ0n) is 16.1. The van der Waals surface area contributed by atoms with E-state index in [1.54, 1.807) is 25.1 Å². The lowest BCUT2D eigenvalue weighted by atomic mass is 9.96. The second kappa shape index (κ2) is 10.4. The van der Waals surface area contributed by atoms with Gasteiger partial charge in [0.05, 0.1) is 6.61 Å². The lowest BCUT2D eigenvalue weighted by molar-refractivity contribution is -0.127. The molecule has 0 saturated heterocycles. The van der Waals surface area contributed by atoms with Crippen molar-refractivity contribution >= 4 is 12.2 Å². The van der Waals surface area contributed by atoms with Crippen LogP contribution >= 0.6 is 0 Å². The Morgan fingerprint density at radius 2 is 1.85 bits per heavy atom. The molecule has 0 aliphatic carbocycles. The highest BCUT2D eigenvalue weighted by Gasteiger charge is 2.19. The molecule has 144 valence electrons. The van der Waals surface area contributed by atoms with Crippen molar-refractivity contribution in [1.29, 1.82) is 0 Å². The van der Waals surface area contributed by atoms with Gasteiger partial charge in [-0.25, -0.2) is 0 Å². The van der Waals surface area contributed by atoms with Crippen molar-refractivity contribution in [1.82, 2.24) is 5.32 Å². The Balaban J connectivity index is 1.98. The number of aldehydes is 1. The van der Waals surface area contributed by atoms with Crippen LogP contribution < -0.4 is 14.8 Å². The van der Waals surface area contributed by atoms with E-state index in [0.717, 1.165) is 12.7 Å². The zero-order valence-corrected chi connectivity index (χ0v) is 16.1. The maximum atomic E-state index is 12.5. The number of carbonyl (C=O) groups excluding carboxylic acids is 2. The van der Waals surface area contributed by atoms with Crippen LogP contribution in [0, 0.1) is 0 Å². The Morgan fingerprint density at radius 3 is 2.48 bits per heavy atom. The zero-order chi connectivity index (χ0) is 19.6. The average molecular weight is 369 g/mol. The molecule has 0 heterocycles. The number of hydrogen-bond donors (Lipinski definition) is 1. The monoisotopic (exact) mass is 369 g/mol. The van der Waals surface area contributed by atoms with Crippen molar-refractivity contribution in [2.45, 2.75) is 39.2 Å². The SMILES string of the molecule is CCOc1cc(C=O)ccc1O[C@H](C)C(=O)NC[C@H](CC)c1ccccc1. The lowest BCUT2D eigenvalue weighted by Gasteiger charge is -2.20. The van der Waals surface area contributed by atoms with Crippen molar-refractivity contribution < 1.29 is 19.1 Å². The first-order valence-corrected chi connectivity index (χ1v) is 9.30. The molecule has 5 heteroatoms. The summed E-state index contributed by atoms with van der Waals surface area (Å²) in [4.78, 5) is 23.4. The Morgan fingerprint density at radius 1 is 1.11 bits per heavy atom. The molecule has 2 aromatic rings. The smallest absolute Gasteiger partial charge is 0.260 e. The van der Waals surface area contributed by atoms with Gasteiger partial charge in [-0.15, -0.1) is 0 Å². The number of hydrogen-bond acceptors (Lipinski definition) is 4. The summed E-state index contributed by atoms with van der Waals surface area (Å²) in [5.41, 5.74) is 1.70. The standard InChI is InChI=1S/C22H27NO4/c1-4-18(19-9-7-6-8-10-19)14-23-22(25)16(3)27-20-12-11-17(15-24)13-21(20)26-5-2/h6-13,15-16,18H,4-5,14H2,1-3H3,(H,23,25)/t16-,18+/m1/s1. The van der Waals surface area contributed by atoms with Gasteiger partial charge < -0.3 is 14.8 Å². The predicted molar refractivity (Wildman–Crippen MR) is 106 cm³/mol. The molecule has 0 bridgehead atoms. The summed E-state index contributed by atoms with van der Waals surface area (Å²) in [5, 5.41) is 2.97. The van der Waals surface area contributed by atoms with Gasteiger partial charge in [0, 0.05) is 18.0 Å². The molecule has 1 N–H and O–H groups in total. The quantitative estimate of drug-likeness (QED) is 0.644. The van der Waals surface area contributed by atoms with Gasteiger partial charge in [0.25, 0.3) is 5.91 Å². The summed E-state index contributed by atoms with van der Waals surface area (Å²) >= 11 is 0. The summed E-state index contributed by atoms with van der Waals surface area (Å²) in [7, 11) is 0. The number of carbonyl (C=O) groups is 2. The van der Waals surface area contributed by atoms with E-state index in [1.807, 2.05) is 25.1 Å². The van der Waals surface area contributed by atoms with E-state index in [1.165, 1.54) is 5.56 Å². The van der Waals surface area contributed by atoms with Gasteiger partial charge >= 0.3 is 0 Å². The topological polar surface area (TPSA) is 64.6 Å². The van der Waals surface area contributed by atoms with Crippen LogP contribution in [0.3, 0.4) is 0 Å². The Labute approximate surface area is 160 Å². The fourth-order valence-electron chi connectivity index (χ4n) is 2.80. The van der Waals surface area contributed by atoms with Gasteiger partial charge in [0.2, 0.25) is 0 Å². The molecule has 5 nitrogen and oxygen atoms in total. The summed E-state index contributed by atoms with van der Waals surface area (Å²) in [6.07, 6.45) is 0.998. The van der Waals surface area contributed by atoms with Crippen LogP contribution in [0.2, 0.25) is 0 Å². The third-order valence-corrected chi connectivity index (χ3v) is 4.36. The van der Waals surface area contributed by atoms with E-state index in [4.69, 9.17) is 9.47 Å². The van der Waals surface area contributed by atoms with E-state index in [2.05, 4.69) is 24.4 Å². The lowest BCUT2D eigenvalue weighted by Crippen LogP contribution is -2.38. The molecule has 0 fully saturated rings. The van der Waals surface area contributed by atoms with Crippen LogP contribution in [0.5, 0.6) is 11.5 Å². The molecule has 0 saturated carbocycles. The number of amides is 1. The van der Waals surface area contributed by atoms with Gasteiger partial charge in [0.1, 0.15) is 6.29 Å². The molecular formula is C22H27NO4. The highest BCUT2D eigenvalue weighted by atomic mass is 16.5. The average Bonchev–Trinajstić information content (AvgIpc) is 2.70. The maximum absolute atomic E-state index is 12.5. The molecule has 1 amide bonds. The van der Waals surface area contributed by atoms with Gasteiger partial charge in [0.15, 0.2) is 17.6 Å². The molecule has 2 aromatic carbocycles. The predicted octanol–water partition coefficient (Wildman–Crippen LogP) is 3.98. The fraction of sp³-hybridized carbons (Fsp3) is 0.364. The van der Waals surface area contributed by atoms with Crippen LogP contribution in [0.4, 0.5) is 0 Å². The van der Waals surface area contributed by atoms with E-state index in [9.17, 15) is 9.59 Å². The first kappa shape index (κ1) is 20.5. The maximum Gasteiger partial charge on any atom is 0.260 e. The van der Waals surface area contributed by atoms with Crippen LogP contribution in [-0.4, -0.2) is 31.4 Å². The minimum absolute atomic E-state index is 0.189. The Bertz CT molecular complexity index is 745. The van der Waals surface area contributed by atoms with Gasteiger partial charge in [-0.2, -0.15) is 0 Å². The summed E-state index contributed by atoms with van der Waals surface area (Å²) in [6.45, 7) is 6.64. The minimum Gasteiger partial charge on any atom is -0.490 e. The molecule has 2 atom stereocenters. The second-order valence-electron chi connectivity index (χ2n) is 6.28. The number of ether oxygens (including phenoxy) is 2. The molecule has 0 radical (unpaired) electrons. The number of rotatable bonds is 10. The van der Waals surface area contributed by atoms with Crippen molar-refractivity contribution in [2.75, 3.05) is 13.2 Å². The van der Waals surface area contributed by atoms with Crippen molar-refractivity contribution in [2.24, 2.45) is 0 Å². The molecular weight excluding hydrogens is 342 g/mol. The van der Waals surface area contributed by atoms with Gasteiger partial charge in [-0.3, -0.25) is 9.59 Å². The molecule has 27 heavy (non-hydrogen) atoms. The highest BCUT2D eigenvalue weighted by molar-refractivity contribution is 5.81. The largest absolute Gasteiger partial charge is 0.490 e. The van der Waals surface area contributed by atoms with E-state index in [-0.39, 0.29) is 11.8 Å². The second-order valence-corrected chi connectivity index (χ2v) is 6.28. The summed E-state index contributed by atoms with van der Waals surface area (Å²) in [5.74, 6) is 0.970. The van der Waals surface area contributed by atoms with Crippen LogP contribution in [0.1, 0.15) is 49.0 Å². The Hall–Kier alpha value is -2.82. The van der Waals surface area contributed by atoms with E-state index in [0.29, 0.717) is 30.2 Å². The van der Waals surface area contributed by atoms with Crippen molar-refractivity contribution in [3.63, 3.8) is 0 Å². The first-order chi connectivity index (χ1) is 13.1. The van der Waals surface area contributed by atoms with E-state index < -0.39 is 6.10 Å². The third kappa shape index (κ3) is 5.84. The van der Waals surface area contributed by atoms with Gasteiger partial charge in [-0.05, 0) is 44.0 Å². The van der Waals surface area contributed by atoms with Crippen LogP contribution in [0.15, 0.2) is 48.5 Å². The molecule has 0 unspecified atom stereocenters. The molecule has 2 rings (SSSR count). The molecule has 0 spiro atoms.